The minimum atomic E-state index is -3.34. The van der Waals surface area contributed by atoms with Gasteiger partial charge in [-0.25, -0.2) is 8.42 Å². The van der Waals surface area contributed by atoms with Gasteiger partial charge in [0.15, 0.2) is 0 Å². The van der Waals surface area contributed by atoms with Crippen molar-refractivity contribution in [3.05, 3.63) is 29.8 Å². The van der Waals surface area contributed by atoms with Crippen molar-refractivity contribution in [2.24, 2.45) is 5.41 Å². The summed E-state index contributed by atoms with van der Waals surface area (Å²) >= 11 is 5.69. The fourth-order valence-electron chi connectivity index (χ4n) is 2.42. The van der Waals surface area contributed by atoms with Crippen LogP contribution in [0.25, 0.3) is 0 Å². The van der Waals surface area contributed by atoms with Crippen molar-refractivity contribution in [2.75, 3.05) is 19.0 Å². The summed E-state index contributed by atoms with van der Waals surface area (Å²) in [6.07, 6.45) is 2.59. The first-order valence-corrected chi connectivity index (χ1v) is 8.98. The van der Waals surface area contributed by atoms with E-state index in [1.165, 1.54) is 0 Å². The second-order valence-corrected chi connectivity index (χ2v) is 8.47. The number of hydrogen-bond donors (Lipinski definition) is 0. The minimum Gasteiger partial charge on any atom is -0.207 e. The topological polar surface area (TPSA) is 37.4 Å². The van der Waals surface area contributed by atoms with Crippen LogP contribution < -0.4 is 0 Å². The van der Waals surface area contributed by atoms with E-state index in [1.54, 1.807) is 16.4 Å². The maximum Gasteiger partial charge on any atom is 0.243 e. The SMILES string of the molecule is CC1(C)CCN(S(=O)(=O)c2ccc(CCCl)cc2)CC1. The van der Waals surface area contributed by atoms with E-state index in [4.69, 9.17) is 11.6 Å². The second kappa shape index (κ2) is 6.04. The molecule has 1 aliphatic heterocycles. The Hall–Kier alpha value is -0.580. The Morgan fingerprint density at radius 1 is 1.15 bits per heavy atom. The Morgan fingerprint density at radius 2 is 1.70 bits per heavy atom. The second-order valence-electron chi connectivity index (χ2n) is 6.15. The van der Waals surface area contributed by atoms with Crippen molar-refractivity contribution in [1.82, 2.24) is 4.31 Å². The van der Waals surface area contributed by atoms with Gasteiger partial charge in [0.05, 0.1) is 4.90 Å². The van der Waals surface area contributed by atoms with Gasteiger partial charge in [0.25, 0.3) is 0 Å². The van der Waals surface area contributed by atoms with E-state index in [9.17, 15) is 8.42 Å². The first-order chi connectivity index (χ1) is 9.35. The summed E-state index contributed by atoms with van der Waals surface area (Å²) in [5.74, 6) is 0.549. The molecule has 0 aromatic heterocycles. The molecular weight excluding hydrogens is 294 g/mol. The van der Waals surface area contributed by atoms with Crippen molar-refractivity contribution < 1.29 is 8.42 Å². The largest absolute Gasteiger partial charge is 0.243 e. The lowest BCUT2D eigenvalue weighted by atomic mass is 9.83. The molecule has 0 N–H and O–H groups in total. The van der Waals surface area contributed by atoms with Crippen molar-refractivity contribution in [2.45, 2.75) is 38.0 Å². The summed E-state index contributed by atoms with van der Waals surface area (Å²) in [4.78, 5) is 0.385. The van der Waals surface area contributed by atoms with Gasteiger partial charge in [0.1, 0.15) is 0 Å². The standard InChI is InChI=1S/C15H22ClNO2S/c1-15(2)8-11-17(12-9-15)20(18,19)14-5-3-13(4-6-14)7-10-16/h3-6H,7-12H2,1-2H3. The van der Waals surface area contributed by atoms with E-state index in [-0.39, 0.29) is 5.41 Å². The van der Waals surface area contributed by atoms with Crippen LogP contribution in [0, 0.1) is 5.41 Å². The molecule has 0 amide bonds. The first kappa shape index (κ1) is 15.8. The Balaban J connectivity index is 2.14. The van der Waals surface area contributed by atoms with Crippen LogP contribution in [0.5, 0.6) is 0 Å². The lowest BCUT2D eigenvalue weighted by Crippen LogP contribution is -2.41. The number of sulfonamides is 1. The zero-order valence-corrected chi connectivity index (χ0v) is 13.7. The molecule has 0 aliphatic carbocycles. The van der Waals surface area contributed by atoms with E-state index in [1.807, 2.05) is 12.1 Å². The molecule has 1 aliphatic rings. The van der Waals surface area contributed by atoms with Gasteiger partial charge in [-0.15, -0.1) is 11.6 Å². The molecular formula is C15H22ClNO2S. The molecule has 0 bridgehead atoms. The lowest BCUT2D eigenvalue weighted by Gasteiger charge is -2.36. The summed E-state index contributed by atoms with van der Waals surface area (Å²) in [6.45, 7) is 5.60. The Bertz CT molecular complexity index is 542. The third kappa shape index (κ3) is 3.54. The fourth-order valence-corrected chi connectivity index (χ4v) is 4.08. The van der Waals surface area contributed by atoms with Crippen molar-refractivity contribution in [1.29, 1.82) is 0 Å². The van der Waals surface area contributed by atoms with Crippen LogP contribution in [0.15, 0.2) is 29.2 Å². The predicted octanol–water partition coefficient (Wildman–Crippen LogP) is 3.28. The highest BCUT2D eigenvalue weighted by molar-refractivity contribution is 7.89. The van der Waals surface area contributed by atoms with Crippen LogP contribution in [0.4, 0.5) is 0 Å². The fraction of sp³-hybridized carbons (Fsp3) is 0.600. The summed E-state index contributed by atoms with van der Waals surface area (Å²) < 4.78 is 26.7. The van der Waals surface area contributed by atoms with Gasteiger partial charge in [-0.1, -0.05) is 26.0 Å². The molecule has 1 fully saturated rings. The summed E-state index contributed by atoms with van der Waals surface area (Å²) in [7, 11) is -3.34. The predicted molar refractivity (Wildman–Crippen MR) is 82.6 cm³/mol. The van der Waals surface area contributed by atoms with Gasteiger partial charge in [-0.2, -0.15) is 4.31 Å². The Labute approximate surface area is 127 Å². The van der Waals surface area contributed by atoms with Gasteiger partial charge >= 0.3 is 0 Å². The van der Waals surface area contributed by atoms with Gasteiger partial charge in [0.2, 0.25) is 10.0 Å². The highest BCUT2D eigenvalue weighted by Gasteiger charge is 2.32. The van der Waals surface area contributed by atoms with Gasteiger partial charge < -0.3 is 0 Å². The van der Waals surface area contributed by atoms with E-state index < -0.39 is 10.0 Å². The number of hydrogen-bond acceptors (Lipinski definition) is 2. The van der Waals surface area contributed by atoms with E-state index >= 15 is 0 Å². The molecule has 1 aromatic rings. The number of benzene rings is 1. The first-order valence-electron chi connectivity index (χ1n) is 7.00. The quantitative estimate of drug-likeness (QED) is 0.800. The molecule has 0 atom stereocenters. The average Bonchev–Trinajstić information content (AvgIpc) is 2.39. The van der Waals surface area contributed by atoms with E-state index in [2.05, 4.69) is 13.8 Å². The molecule has 0 spiro atoms. The van der Waals surface area contributed by atoms with Gasteiger partial charge in [-0.3, -0.25) is 0 Å². The molecule has 0 radical (unpaired) electrons. The molecule has 1 aromatic carbocycles. The highest BCUT2D eigenvalue weighted by atomic mass is 35.5. The van der Waals surface area contributed by atoms with E-state index in [0.29, 0.717) is 23.9 Å². The Morgan fingerprint density at radius 3 is 2.20 bits per heavy atom. The maximum absolute atomic E-state index is 12.6. The smallest absolute Gasteiger partial charge is 0.207 e. The normalized spacial score (nSPS) is 19.9. The van der Waals surface area contributed by atoms with Crippen LogP contribution in [0.2, 0.25) is 0 Å². The molecule has 1 saturated heterocycles. The zero-order valence-electron chi connectivity index (χ0n) is 12.1. The van der Waals surface area contributed by atoms with E-state index in [0.717, 1.165) is 24.8 Å². The number of halogens is 1. The monoisotopic (exact) mass is 315 g/mol. The lowest BCUT2D eigenvalue weighted by molar-refractivity contribution is 0.196. The molecule has 20 heavy (non-hydrogen) atoms. The maximum atomic E-state index is 12.6. The molecule has 5 heteroatoms. The third-order valence-electron chi connectivity index (χ3n) is 4.02. The number of nitrogens with zero attached hydrogens (tertiary/aromatic N) is 1. The Kier molecular flexibility index (Phi) is 4.77. The number of alkyl halides is 1. The number of rotatable bonds is 4. The minimum absolute atomic E-state index is 0.246. The molecule has 0 saturated carbocycles. The summed E-state index contributed by atoms with van der Waals surface area (Å²) in [5, 5.41) is 0. The van der Waals surface area contributed by atoms with Crippen LogP contribution in [0.3, 0.4) is 0 Å². The van der Waals surface area contributed by atoms with Crippen LogP contribution in [-0.2, 0) is 16.4 Å². The number of piperidine rings is 1. The van der Waals surface area contributed by atoms with Crippen LogP contribution in [-0.4, -0.2) is 31.7 Å². The summed E-state index contributed by atoms with van der Waals surface area (Å²) in [5.41, 5.74) is 1.31. The van der Waals surface area contributed by atoms with Crippen LogP contribution in [0.1, 0.15) is 32.3 Å². The van der Waals surface area contributed by atoms with Gasteiger partial charge in [-0.05, 0) is 42.4 Å². The molecule has 2 rings (SSSR count). The zero-order chi connectivity index (χ0) is 14.8. The van der Waals surface area contributed by atoms with Crippen molar-refractivity contribution >= 4 is 21.6 Å². The van der Waals surface area contributed by atoms with Crippen molar-refractivity contribution in [3.8, 4) is 0 Å². The molecule has 0 unspecified atom stereocenters. The molecule has 112 valence electrons. The molecule has 3 nitrogen and oxygen atoms in total. The van der Waals surface area contributed by atoms with Crippen molar-refractivity contribution in [3.63, 3.8) is 0 Å². The highest BCUT2D eigenvalue weighted by Crippen LogP contribution is 2.32. The summed E-state index contributed by atoms with van der Waals surface area (Å²) in [6, 6.07) is 7.08. The third-order valence-corrected chi connectivity index (χ3v) is 6.12. The number of aryl methyl sites for hydroxylation is 1. The average molecular weight is 316 g/mol. The molecule has 1 heterocycles. The van der Waals surface area contributed by atoms with Gasteiger partial charge in [0, 0.05) is 19.0 Å². The van der Waals surface area contributed by atoms with Crippen LogP contribution >= 0.6 is 11.6 Å².